The third kappa shape index (κ3) is 4.78. The van der Waals surface area contributed by atoms with Crippen molar-refractivity contribution >= 4 is 10.0 Å². The molecular weight excluding hydrogens is 344 g/mol. The van der Waals surface area contributed by atoms with Crippen LogP contribution in [-0.4, -0.2) is 64.2 Å². The summed E-state index contributed by atoms with van der Waals surface area (Å²) in [4.78, 5) is 0.211. The largest absolute Gasteiger partial charge is 0.389 e. The first-order valence-corrected chi connectivity index (χ1v) is 10.1. The molecule has 3 N–H and O–H groups in total. The summed E-state index contributed by atoms with van der Waals surface area (Å²) in [5.74, 6) is 0. The monoisotopic (exact) mass is 370 g/mol. The Hall–Kier alpha value is -1.03. The minimum Gasteiger partial charge on any atom is -0.389 e. The molecule has 0 spiro atoms. The van der Waals surface area contributed by atoms with E-state index >= 15 is 0 Å². The van der Waals surface area contributed by atoms with Crippen LogP contribution in [0.5, 0.6) is 0 Å². The van der Waals surface area contributed by atoms with Crippen LogP contribution in [0.3, 0.4) is 0 Å². The number of hydrogen-bond donors (Lipinski definition) is 3. The molecule has 0 radical (unpaired) electrons. The molecule has 0 aromatic heterocycles. The number of sulfonamides is 1. The lowest BCUT2D eigenvalue weighted by Crippen LogP contribution is -2.49. The van der Waals surface area contributed by atoms with E-state index in [9.17, 15) is 13.5 Å². The summed E-state index contributed by atoms with van der Waals surface area (Å²) in [5, 5.41) is 13.8. The number of aliphatic hydroxyl groups is 1. The highest BCUT2D eigenvalue weighted by Crippen LogP contribution is 2.18. The Morgan fingerprint density at radius 1 is 1.20 bits per heavy atom. The van der Waals surface area contributed by atoms with Crippen molar-refractivity contribution in [1.82, 2.24) is 10.0 Å². The summed E-state index contributed by atoms with van der Waals surface area (Å²) in [6, 6.07) is 6.77. The van der Waals surface area contributed by atoms with Gasteiger partial charge < -0.3 is 19.9 Å². The molecule has 0 saturated carbocycles. The van der Waals surface area contributed by atoms with Crippen LogP contribution in [-0.2, 0) is 19.5 Å². The quantitative estimate of drug-likeness (QED) is 0.661. The summed E-state index contributed by atoms with van der Waals surface area (Å²) < 4.78 is 38.1. The predicted molar refractivity (Wildman–Crippen MR) is 92.9 cm³/mol. The molecule has 8 heteroatoms. The van der Waals surface area contributed by atoms with Gasteiger partial charge in [-0.3, -0.25) is 0 Å². The van der Waals surface area contributed by atoms with Crippen LogP contribution < -0.4 is 10.0 Å². The smallest absolute Gasteiger partial charge is 0.240 e. The third-order valence-electron chi connectivity index (χ3n) is 4.76. The van der Waals surface area contributed by atoms with E-state index in [0.29, 0.717) is 12.6 Å². The van der Waals surface area contributed by atoms with Gasteiger partial charge in [-0.05, 0) is 31.9 Å². The number of rotatable bonds is 6. The van der Waals surface area contributed by atoms with Crippen molar-refractivity contribution in [2.45, 2.75) is 49.0 Å². The maximum atomic E-state index is 12.3. The van der Waals surface area contributed by atoms with Crippen LogP contribution in [0.1, 0.15) is 18.4 Å². The van der Waals surface area contributed by atoms with E-state index in [1.54, 1.807) is 24.3 Å². The summed E-state index contributed by atoms with van der Waals surface area (Å²) in [6.07, 6.45) is 0.517. The number of benzene rings is 1. The third-order valence-corrected chi connectivity index (χ3v) is 6.20. The lowest BCUT2D eigenvalue weighted by atomic mass is 10.0. The molecule has 0 amide bonds. The molecule has 1 aromatic rings. The van der Waals surface area contributed by atoms with E-state index in [1.807, 2.05) is 6.92 Å². The number of hydrogen-bond acceptors (Lipinski definition) is 6. The molecule has 2 aliphatic heterocycles. The Bertz CT molecular complexity index is 658. The normalized spacial score (nSPS) is 28.3. The van der Waals surface area contributed by atoms with Crippen molar-refractivity contribution in [1.29, 1.82) is 0 Å². The van der Waals surface area contributed by atoms with E-state index in [4.69, 9.17) is 9.47 Å². The van der Waals surface area contributed by atoms with Crippen LogP contribution >= 0.6 is 0 Å². The fraction of sp³-hybridized carbons (Fsp3) is 0.647. The van der Waals surface area contributed by atoms with Crippen LogP contribution in [0.15, 0.2) is 29.2 Å². The van der Waals surface area contributed by atoms with Gasteiger partial charge in [0.25, 0.3) is 0 Å². The molecule has 3 rings (SSSR count). The second-order valence-electron chi connectivity index (χ2n) is 6.69. The van der Waals surface area contributed by atoms with Crippen molar-refractivity contribution < 1.29 is 23.0 Å². The minimum atomic E-state index is -3.61. The van der Waals surface area contributed by atoms with E-state index in [1.165, 1.54) is 0 Å². The Morgan fingerprint density at radius 3 is 2.56 bits per heavy atom. The number of nitrogens with one attached hydrogen (secondary N) is 2. The summed E-state index contributed by atoms with van der Waals surface area (Å²) in [6.45, 7) is 3.76. The molecule has 140 valence electrons. The molecule has 2 fully saturated rings. The van der Waals surface area contributed by atoms with Crippen molar-refractivity contribution in [2.24, 2.45) is 0 Å². The molecule has 7 nitrogen and oxygen atoms in total. The second-order valence-corrected chi connectivity index (χ2v) is 8.45. The van der Waals surface area contributed by atoms with Crippen molar-refractivity contribution in [2.75, 3.05) is 26.4 Å². The predicted octanol–water partition coefficient (Wildman–Crippen LogP) is 0.170. The minimum absolute atomic E-state index is 0.0450. The topological polar surface area (TPSA) is 96.9 Å². The van der Waals surface area contributed by atoms with Crippen molar-refractivity contribution in [3.8, 4) is 0 Å². The summed E-state index contributed by atoms with van der Waals surface area (Å²) in [7, 11) is -3.61. The Balaban J connectivity index is 1.52. The highest BCUT2D eigenvalue weighted by atomic mass is 32.2. The van der Waals surface area contributed by atoms with Gasteiger partial charge in [-0.15, -0.1) is 0 Å². The van der Waals surface area contributed by atoms with Gasteiger partial charge in [-0.1, -0.05) is 17.7 Å². The average molecular weight is 370 g/mol. The lowest BCUT2D eigenvalue weighted by molar-refractivity contribution is 0.0415. The first-order chi connectivity index (χ1) is 12.0. The SMILES string of the molecule is Cc1ccc(S(=O)(=O)NC[C@H]2OC[C@@H](NC3CCOCC3)[C@@H]2O)cc1. The van der Waals surface area contributed by atoms with Crippen LogP contribution in [0.4, 0.5) is 0 Å². The van der Waals surface area contributed by atoms with Crippen LogP contribution in [0.25, 0.3) is 0 Å². The molecule has 2 aliphatic rings. The van der Waals surface area contributed by atoms with Crippen molar-refractivity contribution in [3.05, 3.63) is 29.8 Å². The van der Waals surface area contributed by atoms with Gasteiger partial charge in [0.2, 0.25) is 10.0 Å². The van der Waals surface area contributed by atoms with E-state index < -0.39 is 22.2 Å². The molecule has 0 bridgehead atoms. The van der Waals surface area contributed by atoms with Gasteiger partial charge in [0.1, 0.15) is 0 Å². The standard InChI is InChI=1S/C17H26N2O5S/c1-12-2-4-14(5-3-12)25(21,22)18-10-16-17(20)15(11-24-16)19-13-6-8-23-9-7-13/h2-5,13,15-20H,6-11H2,1H3/t15-,16-,17+/m1/s1. The van der Waals surface area contributed by atoms with Gasteiger partial charge >= 0.3 is 0 Å². The fourth-order valence-corrected chi connectivity index (χ4v) is 4.21. The fourth-order valence-electron chi connectivity index (χ4n) is 3.17. The Labute approximate surface area is 148 Å². The number of aliphatic hydroxyl groups excluding tert-OH is 1. The molecule has 3 atom stereocenters. The van der Waals surface area contributed by atoms with Crippen LogP contribution in [0.2, 0.25) is 0 Å². The zero-order chi connectivity index (χ0) is 17.9. The second kappa shape index (κ2) is 8.11. The van der Waals surface area contributed by atoms with Gasteiger partial charge in [0.05, 0.1) is 29.8 Å². The van der Waals surface area contributed by atoms with Gasteiger partial charge in [0.15, 0.2) is 0 Å². The lowest BCUT2D eigenvalue weighted by Gasteiger charge is -2.27. The summed E-state index contributed by atoms with van der Waals surface area (Å²) >= 11 is 0. The van der Waals surface area contributed by atoms with E-state index in [2.05, 4.69) is 10.0 Å². The van der Waals surface area contributed by atoms with Gasteiger partial charge in [0, 0.05) is 25.8 Å². The Morgan fingerprint density at radius 2 is 1.88 bits per heavy atom. The molecule has 2 heterocycles. The molecule has 1 aromatic carbocycles. The zero-order valence-corrected chi connectivity index (χ0v) is 15.2. The number of aryl methyl sites for hydroxylation is 1. The first kappa shape index (κ1) is 18.8. The van der Waals surface area contributed by atoms with E-state index in [0.717, 1.165) is 31.6 Å². The number of ether oxygens (including phenoxy) is 2. The highest BCUT2D eigenvalue weighted by molar-refractivity contribution is 7.89. The molecule has 25 heavy (non-hydrogen) atoms. The van der Waals surface area contributed by atoms with Gasteiger partial charge in [-0.2, -0.15) is 0 Å². The molecular formula is C17H26N2O5S. The molecule has 0 aliphatic carbocycles. The summed E-state index contributed by atoms with van der Waals surface area (Å²) in [5.41, 5.74) is 0.996. The maximum absolute atomic E-state index is 12.3. The Kier molecular flexibility index (Phi) is 6.08. The first-order valence-electron chi connectivity index (χ1n) is 8.65. The zero-order valence-electron chi connectivity index (χ0n) is 14.3. The van der Waals surface area contributed by atoms with E-state index in [-0.39, 0.29) is 17.5 Å². The van der Waals surface area contributed by atoms with Gasteiger partial charge in [-0.25, -0.2) is 13.1 Å². The average Bonchev–Trinajstić information content (AvgIpc) is 2.95. The van der Waals surface area contributed by atoms with Crippen molar-refractivity contribution in [3.63, 3.8) is 0 Å². The molecule has 0 unspecified atom stereocenters. The highest BCUT2D eigenvalue weighted by Gasteiger charge is 2.37. The maximum Gasteiger partial charge on any atom is 0.240 e. The molecule has 2 saturated heterocycles. The van der Waals surface area contributed by atoms with Crippen LogP contribution in [0, 0.1) is 6.92 Å².